The molecule has 2 aliphatic rings. The SMILES string of the molecule is N[C@@H]1C[C@@H]2CC(C(=O)Nc3cnc4[nH]ncc4c3)C[C@@H]21. The number of aromatic amines is 1. The third kappa shape index (κ3) is 1.79. The molecule has 2 fully saturated rings. The molecule has 4 atom stereocenters. The number of aromatic nitrogens is 3. The van der Waals surface area contributed by atoms with E-state index in [1.54, 1.807) is 12.4 Å². The van der Waals surface area contributed by atoms with E-state index < -0.39 is 0 Å². The van der Waals surface area contributed by atoms with E-state index in [2.05, 4.69) is 20.5 Å². The summed E-state index contributed by atoms with van der Waals surface area (Å²) in [6.45, 7) is 0. The number of amides is 1. The van der Waals surface area contributed by atoms with Crippen LogP contribution >= 0.6 is 0 Å². The molecule has 20 heavy (non-hydrogen) atoms. The second-order valence-corrected chi connectivity index (χ2v) is 6.01. The molecule has 2 aromatic rings. The Balaban J connectivity index is 1.47. The van der Waals surface area contributed by atoms with Gasteiger partial charge in [-0.25, -0.2) is 4.98 Å². The summed E-state index contributed by atoms with van der Waals surface area (Å²) in [6.07, 6.45) is 6.35. The van der Waals surface area contributed by atoms with Crippen LogP contribution in [0.25, 0.3) is 11.0 Å². The van der Waals surface area contributed by atoms with Crippen LogP contribution in [0.4, 0.5) is 5.69 Å². The van der Waals surface area contributed by atoms with E-state index in [9.17, 15) is 4.79 Å². The van der Waals surface area contributed by atoms with Gasteiger partial charge in [0, 0.05) is 17.3 Å². The number of fused-ring (bicyclic) bond motifs is 2. The molecule has 104 valence electrons. The van der Waals surface area contributed by atoms with E-state index in [1.165, 1.54) is 0 Å². The molecule has 0 bridgehead atoms. The fourth-order valence-electron chi connectivity index (χ4n) is 3.64. The maximum Gasteiger partial charge on any atom is 0.227 e. The molecule has 0 spiro atoms. The van der Waals surface area contributed by atoms with Gasteiger partial charge in [0.15, 0.2) is 5.65 Å². The zero-order chi connectivity index (χ0) is 13.7. The van der Waals surface area contributed by atoms with Crippen molar-refractivity contribution in [1.29, 1.82) is 0 Å². The van der Waals surface area contributed by atoms with Gasteiger partial charge >= 0.3 is 0 Å². The fourth-order valence-corrected chi connectivity index (χ4v) is 3.64. The van der Waals surface area contributed by atoms with Gasteiger partial charge in [0.1, 0.15) is 0 Å². The van der Waals surface area contributed by atoms with Crippen molar-refractivity contribution in [3.63, 3.8) is 0 Å². The van der Waals surface area contributed by atoms with Gasteiger partial charge in [-0.1, -0.05) is 0 Å². The molecule has 4 N–H and O–H groups in total. The fraction of sp³-hybridized carbons (Fsp3) is 0.500. The minimum atomic E-state index is 0.0937. The second-order valence-electron chi connectivity index (χ2n) is 6.01. The molecule has 1 amide bonds. The number of nitrogens with one attached hydrogen (secondary N) is 2. The number of anilines is 1. The summed E-state index contributed by atoms with van der Waals surface area (Å²) >= 11 is 0. The van der Waals surface area contributed by atoms with Crippen molar-refractivity contribution in [3.8, 4) is 0 Å². The van der Waals surface area contributed by atoms with Crippen molar-refractivity contribution >= 4 is 22.6 Å². The maximum atomic E-state index is 12.3. The lowest BCUT2D eigenvalue weighted by Crippen LogP contribution is -2.44. The molecular formula is C14H17N5O. The molecule has 6 heteroatoms. The number of pyridine rings is 1. The Labute approximate surface area is 116 Å². The lowest BCUT2D eigenvalue weighted by molar-refractivity contribution is -0.119. The van der Waals surface area contributed by atoms with Crippen LogP contribution in [0.5, 0.6) is 0 Å². The summed E-state index contributed by atoms with van der Waals surface area (Å²) < 4.78 is 0. The number of hydrogen-bond acceptors (Lipinski definition) is 4. The molecule has 2 saturated carbocycles. The highest BCUT2D eigenvalue weighted by Crippen LogP contribution is 2.49. The van der Waals surface area contributed by atoms with Crippen LogP contribution in [0.2, 0.25) is 0 Å². The summed E-state index contributed by atoms with van der Waals surface area (Å²) in [4.78, 5) is 16.5. The molecule has 0 aromatic carbocycles. The molecule has 6 nitrogen and oxygen atoms in total. The smallest absolute Gasteiger partial charge is 0.227 e. The summed E-state index contributed by atoms with van der Waals surface area (Å²) in [5.74, 6) is 1.41. The molecule has 0 saturated heterocycles. The number of carbonyl (C=O) groups excluding carboxylic acids is 1. The standard InChI is InChI=1S/C14H17N5O/c15-12-4-7-1-8(3-11(7)12)14(20)18-10-2-9-5-17-19-13(9)16-6-10/h2,5-8,11-12H,1,3-4,15H2,(H,18,20)(H,16,17,19)/t7-,8?,11-,12+/m0/s1. The third-order valence-corrected chi connectivity index (χ3v) is 4.80. The highest BCUT2D eigenvalue weighted by Gasteiger charge is 2.47. The van der Waals surface area contributed by atoms with Crippen molar-refractivity contribution in [1.82, 2.24) is 15.2 Å². The Morgan fingerprint density at radius 1 is 1.35 bits per heavy atom. The number of H-pyrrole nitrogens is 1. The zero-order valence-corrected chi connectivity index (χ0v) is 11.0. The van der Waals surface area contributed by atoms with Crippen molar-refractivity contribution in [2.75, 3.05) is 5.32 Å². The van der Waals surface area contributed by atoms with Crippen molar-refractivity contribution in [2.45, 2.75) is 25.3 Å². The number of nitrogens with two attached hydrogens (primary N) is 1. The largest absolute Gasteiger partial charge is 0.327 e. The van der Waals surface area contributed by atoms with E-state index in [0.29, 0.717) is 17.9 Å². The molecule has 2 heterocycles. The molecule has 1 unspecified atom stereocenters. The van der Waals surface area contributed by atoms with Gasteiger partial charge in [-0.15, -0.1) is 0 Å². The topological polar surface area (TPSA) is 96.7 Å². The second kappa shape index (κ2) is 4.28. The van der Waals surface area contributed by atoms with Gasteiger partial charge in [-0.3, -0.25) is 9.89 Å². The van der Waals surface area contributed by atoms with Crippen molar-refractivity contribution < 1.29 is 4.79 Å². The Hall–Kier alpha value is -1.95. The zero-order valence-electron chi connectivity index (χ0n) is 11.0. The van der Waals surface area contributed by atoms with Crippen molar-refractivity contribution in [3.05, 3.63) is 18.5 Å². The van der Waals surface area contributed by atoms with Gasteiger partial charge < -0.3 is 11.1 Å². The third-order valence-electron chi connectivity index (χ3n) is 4.80. The van der Waals surface area contributed by atoms with Crippen LogP contribution < -0.4 is 11.1 Å². The minimum Gasteiger partial charge on any atom is -0.327 e. The first kappa shape index (κ1) is 11.8. The van der Waals surface area contributed by atoms with Gasteiger partial charge in [0.25, 0.3) is 0 Å². The Kier molecular flexibility index (Phi) is 2.53. The Morgan fingerprint density at radius 2 is 2.25 bits per heavy atom. The number of carbonyl (C=O) groups is 1. The average molecular weight is 271 g/mol. The normalized spacial score (nSPS) is 31.9. The van der Waals surface area contributed by atoms with Gasteiger partial charge in [0.2, 0.25) is 5.91 Å². The summed E-state index contributed by atoms with van der Waals surface area (Å²) in [5, 5.41) is 10.6. The molecule has 2 aromatic heterocycles. The minimum absolute atomic E-state index is 0.0937. The first-order valence-corrected chi connectivity index (χ1v) is 7.06. The van der Waals surface area contributed by atoms with Crippen LogP contribution in [0.3, 0.4) is 0 Å². The Bertz CT molecular complexity index is 666. The molecule has 4 rings (SSSR count). The first-order chi connectivity index (χ1) is 9.70. The van der Waals surface area contributed by atoms with E-state index in [1.807, 2.05) is 6.07 Å². The number of nitrogens with zero attached hydrogens (tertiary/aromatic N) is 2. The molecule has 0 radical (unpaired) electrons. The van der Waals surface area contributed by atoms with Crippen LogP contribution in [-0.4, -0.2) is 27.1 Å². The highest BCUT2D eigenvalue weighted by molar-refractivity contribution is 5.94. The predicted octanol–water partition coefficient (Wildman–Crippen LogP) is 1.27. The van der Waals surface area contributed by atoms with Crippen LogP contribution in [-0.2, 0) is 4.79 Å². The average Bonchev–Trinajstić information content (AvgIpc) is 3.01. The van der Waals surface area contributed by atoms with Crippen LogP contribution in [0.15, 0.2) is 18.5 Å². The van der Waals surface area contributed by atoms with Gasteiger partial charge in [-0.05, 0) is 37.2 Å². The summed E-state index contributed by atoms with van der Waals surface area (Å²) in [5.41, 5.74) is 7.44. The van der Waals surface area contributed by atoms with Crippen LogP contribution in [0, 0.1) is 17.8 Å². The van der Waals surface area contributed by atoms with E-state index in [4.69, 9.17) is 5.73 Å². The Morgan fingerprint density at radius 3 is 3.05 bits per heavy atom. The predicted molar refractivity (Wildman–Crippen MR) is 74.8 cm³/mol. The monoisotopic (exact) mass is 271 g/mol. The number of hydrogen-bond donors (Lipinski definition) is 3. The molecular weight excluding hydrogens is 254 g/mol. The van der Waals surface area contributed by atoms with Crippen molar-refractivity contribution in [2.24, 2.45) is 23.5 Å². The quantitative estimate of drug-likeness (QED) is 0.766. The maximum absolute atomic E-state index is 12.3. The molecule has 0 aliphatic heterocycles. The molecule has 2 aliphatic carbocycles. The van der Waals surface area contributed by atoms with E-state index in [-0.39, 0.29) is 11.8 Å². The van der Waals surface area contributed by atoms with E-state index in [0.717, 1.165) is 36.0 Å². The summed E-state index contributed by atoms with van der Waals surface area (Å²) in [6, 6.07) is 2.20. The van der Waals surface area contributed by atoms with Crippen LogP contribution in [0.1, 0.15) is 19.3 Å². The van der Waals surface area contributed by atoms with Gasteiger partial charge in [0.05, 0.1) is 18.1 Å². The number of rotatable bonds is 2. The lowest BCUT2D eigenvalue weighted by Gasteiger charge is -2.37. The van der Waals surface area contributed by atoms with E-state index >= 15 is 0 Å². The van der Waals surface area contributed by atoms with Gasteiger partial charge in [-0.2, -0.15) is 5.10 Å². The summed E-state index contributed by atoms with van der Waals surface area (Å²) in [7, 11) is 0. The highest BCUT2D eigenvalue weighted by atomic mass is 16.1. The lowest BCUT2D eigenvalue weighted by atomic mass is 9.72. The first-order valence-electron chi connectivity index (χ1n) is 7.06.